The minimum atomic E-state index is -0.730. The number of carbonyl (C=O) groups excluding carboxylic acids is 1. The second-order valence-electron chi connectivity index (χ2n) is 6.18. The lowest BCUT2D eigenvalue weighted by Crippen LogP contribution is -2.29. The van der Waals surface area contributed by atoms with Crippen LogP contribution >= 0.6 is 0 Å². The number of amides is 1. The second kappa shape index (κ2) is 9.23. The number of oxazole rings is 1. The van der Waals surface area contributed by atoms with Crippen molar-refractivity contribution in [3.63, 3.8) is 0 Å². The van der Waals surface area contributed by atoms with E-state index in [0.717, 1.165) is 17.7 Å². The summed E-state index contributed by atoms with van der Waals surface area (Å²) in [7, 11) is 1.59. The van der Waals surface area contributed by atoms with Gasteiger partial charge >= 0.3 is 0 Å². The van der Waals surface area contributed by atoms with Gasteiger partial charge in [-0.05, 0) is 17.7 Å². The summed E-state index contributed by atoms with van der Waals surface area (Å²) in [5.74, 6) is -1.07. The molecule has 0 aliphatic carbocycles. The third kappa shape index (κ3) is 5.01. The molecule has 1 aromatic heterocycles. The molecule has 0 aliphatic heterocycles. The number of nitrogens with zero attached hydrogens (tertiary/aromatic N) is 1. The van der Waals surface area contributed by atoms with Crippen LogP contribution in [0.3, 0.4) is 0 Å². The molecular weight excluding hydrogens is 366 g/mol. The molecule has 1 amide bonds. The van der Waals surface area contributed by atoms with Gasteiger partial charge in [0.25, 0.3) is 0 Å². The fourth-order valence-electron chi connectivity index (χ4n) is 2.76. The smallest absolute Gasteiger partial charge is 0.220 e. The molecule has 3 rings (SSSR count). The second-order valence-corrected chi connectivity index (χ2v) is 6.18. The molecule has 0 saturated heterocycles. The fraction of sp³-hybridized carbons (Fsp3) is 0.238. The number of ether oxygens (including phenoxy) is 1. The Kier molecular flexibility index (Phi) is 6.49. The van der Waals surface area contributed by atoms with Gasteiger partial charge in [-0.1, -0.05) is 30.3 Å². The van der Waals surface area contributed by atoms with Crippen LogP contribution in [0.15, 0.2) is 59.1 Å². The number of carbonyl (C=O) groups is 1. The molecule has 0 saturated carbocycles. The topological polar surface area (TPSA) is 64.4 Å². The van der Waals surface area contributed by atoms with Crippen molar-refractivity contribution in [1.82, 2.24) is 10.3 Å². The van der Waals surface area contributed by atoms with Gasteiger partial charge in [0.15, 0.2) is 11.7 Å². The summed E-state index contributed by atoms with van der Waals surface area (Å²) in [6.45, 7) is 0.344. The molecule has 5 nitrogen and oxygen atoms in total. The minimum absolute atomic E-state index is 0.121. The van der Waals surface area contributed by atoms with Crippen molar-refractivity contribution >= 4 is 5.91 Å². The Morgan fingerprint density at radius 2 is 2.00 bits per heavy atom. The van der Waals surface area contributed by atoms with E-state index in [1.807, 2.05) is 30.3 Å². The zero-order chi connectivity index (χ0) is 19.9. The van der Waals surface area contributed by atoms with E-state index in [-0.39, 0.29) is 36.2 Å². The Bertz CT molecular complexity index is 928. The van der Waals surface area contributed by atoms with Crippen LogP contribution in [0.5, 0.6) is 0 Å². The standard InChI is InChI=1S/C21H20F2N2O3/c1-27-18(14-5-3-2-4-6-14)12-24-20(26)9-10-21-25-13-19(28-21)16-8-7-15(22)11-17(16)23/h2-8,11,13,18H,9-10,12H2,1H3,(H,24,26). The molecule has 7 heteroatoms. The highest BCUT2D eigenvalue weighted by molar-refractivity contribution is 5.76. The van der Waals surface area contributed by atoms with Crippen LogP contribution in [0.4, 0.5) is 8.78 Å². The van der Waals surface area contributed by atoms with E-state index >= 15 is 0 Å². The first kappa shape index (κ1) is 19.7. The summed E-state index contributed by atoms with van der Waals surface area (Å²) in [4.78, 5) is 16.2. The molecule has 0 spiro atoms. The highest BCUT2D eigenvalue weighted by atomic mass is 19.1. The Labute approximate surface area is 161 Å². The molecule has 0 bridgehead atoms. The normalized spacial score (nSPS) is 12.0. The SMILES string of the molecule is COC(CNC(=O)CCc1ncc(-c2ccc(F)cc2F)o1)c1ccccc1. The lowest BCUT2D eigenvalue weighted by molar-refractivity contribution is -0.121. The van der Waals surface area contributed by atoms with Gasteiger partial charge in [0, 0.05) is 32.6 Å². The van der Waals surface area contributed by atoms with Crippen molar-refractivity contribution in [2.24, 2.45) is 0 Å². The largest absolute Gasteiger partial charge is 0.441 e. The molecule has 2 aromatic carbocycles. The molecule has 146 valence electrons. The summed E-state index contributed by atoms with van der Waals surface area (Å²) in [6.07, 6.45) is 1.55. The van der Waals surface area contributed by atoms with Gasteiger partial charge in [-0.2, -0.15) is 0 Å². The Morgan fingerprint density at radius 1 is 1.21 bits per heavy atom. The molecule has 1 atom stereocenters. The maximum Gasteiger partial charge on any atom is 0.220 e. The molecule has 3 aromatic rings. The highest BCUT2D eigenvalue weighted by Gasteiger charge is 2.14. The number of methoxy groups -OCH3 is 1. The van der Waals surface area contributed by atoms with E-state index < -0.39 is 11.6 Å². The molecule has 0 fully saturated rings. The number of hydrogen-bond acceptors (Lipinski definition) is 4. The number of benzene rings is 2. The number of nitrogens with one attached hydrogen (secondary N) is 1. The van der Waals surface area contributed by atoms with Crippen molar-refractivity contribution in [2.75, 3.05) is 13.7 Å². The van der Waals surface area contributed by atoms with E-state index in [1.54, 1.807) is 7.11 Å². The van der Waals surface area contributed by atoms with Crippen molar-refractivity contribution in [1.29, 1.82) is 0 Å². The Balaban J connectivity index is 1.52. The molecule has 0 radical (unpaired) electrons. The molecule has 1 unspecified atom stereocenters. The average molecular weight is 386 g/mol. The quantitative estimate of drug-likeness (QED) is 0.634. The fourth-order valence-corrected chi connectivity index (χ4v) is 2.76. The zero-order valence-corrected chi connectivity index (χ0v) is 15.3. The maximum atomic E-state index is 13.8. The van der Waals surface area contributed by atoms with Crippen LogP contribution in [0, 0.1) is 11.6 Å². The van der Waals surface area contributed by atoms with Crippen molar-refractivity contribution in [2.45, 2.75) is 18.9 Å². The number of aryl methyl sites for hydroxylation is 1. The first-order valence-electron chi connectivity index (χ1n) is 8.81. The summed E-state index contributed by atoms with van der Waals surface area (Å²) in [5.41, 5.74) is 1.10. The average Bonchev–Trinajstić information content (AvgIpc) is 3.16. The maximum absolute atomic E-state index is 13.8. The van der Waals surface area contributed by atoms with E-state index in [9.17, 15) is 13.6 Å². The summed E-state index contributed by atoms with van der Waals surface area (Å²) < 4.78 is 37.7. The highest BCUT2D eigenvalue weighted by Crippen LogP contribution is 2.24. The van der Waals surface area contributed by atoms with Gasteiger partial charge in [0.2, 0.25) is 5.91 Å². The van der Waals surface area contributed by atoms with Crippen LogP contribution in [0.25, 0.3) is 11.3 Å². The first-order chi connectivity index (χ1) is 13.6. The van der Waals surface area contributed by atoms with Crippen LogP contribution in [0.2, 0.25) is 0 Å². The van der Waals surface area contributed by atoms with E-state index in [1.165, 1.54) is 12.3 Å². The van der Waals surface area contributed by atoms with Crippen LogP contribution in [0.1, 0.15) is 24.0 Å². The van der Waals surface area contributed by atoms with Crippen molar-refractivity contribution < 1.29 is 22.7 Å². The number of hydrogen-bond donors (Lipinski definition) is 1. The Morgan fingerprint density at radius 3 is 2.71 bits per heavy atom. The minimum Gasteiger partial charge on any atom is -0.441 e. The van der Waals surface area contributed by atoms with Crippen LogP contribution in [-0.2, 0) is 16.0 Å². The van der Waals surface area contributed by atoms with Crippen LogP contribution < -0.4 is 5.32 Å². The molecular formula is C21H20F2N2O3. The van der Waals surface area contributed by atoms with E-state index in [4.69, 9.17) is 9.15 Å². The third-order valence-electron chi connectivity index (χ3n) is 4.26. The lowest BCUT2D eigenvalue weighted by atomic mass is 10.1. The predicted octanol–water partition coefficient (Wildman–Crippen LogP) is 4.06. The van der Waals surface area contributed by atoms with Gasteiger partial charge in [-0.25, -0.2) is 13.8 Å². The molecule has 0 aliphatic rings. The number of rotatable bonds is 8. The number of halogens is 2. The summed E-state index contributed by atoms with van der Waals surface area (Å²) in [6, 6.07) is 12.8. The first-order valence-corrected chi connectivity index (χ1v) is 8.81. The van der Waals surface area contributed by atoms with Crippen molar-refractivity contribution in [3.05, 3.63) is 77.8 Å². The monoisotopic (exact) mass is 386 g/mol. The molecule has 28 heavy (non-hydrogen) atoms. The number of aromatic nitrogens is 1. The van der Waals surface area contributed by atoms with E-state index in [0.29, 0.717) is 12.4 Å². The van der Waals surface area contributed by atoms with Gasteiger partial charge in [-0.3, -0.25) is 4.79 Å². The third-order valence-corrected chi connectivity index (χ3v) is 4.26. The zero-order valence-electron chi connectivity index (χ0n) is 15.3. The summed E-state index contributed by atoms with van der Waals surface area (Å²) in [5, 5.41) is 2.82. The molecule has 1 N–H and O–H groups in total. The molecule has 1 heterocycles. The van der Waals surface area contributed by atoms with E-state index in [2.05, 4.69) is 10.3 Å². The van der Waals surface area contributed by atoms with Gasteiger partial charge in [-0.15, -0.1) is 0 Å². The van der Waals surface area contributed by atoms with Gasteiger partial charge in [0.1, 0.15) is 11.6 Å². The lowest BCUT2D eigenvalue weighted by Gasteiger charge is -2.16. The summed E-state index contributed by atoms with van der Waals surface area (Å²) >= 11 is 0. The van der Waals surface area contributed by atoms with Gasteiger partial charge < -0.3 is 14.5 Å². The predicted molar refractivity (Wildman–Crippen MR) is 99.4 cm³/mol. The van der Waals surface area contributed by atoms with Crippen molar-refractivity contribution in [3.8, 4) is 11.3 Å². The van der Waals surface area contributed by atoms with Gasteiger partial charge in [0.05, 0.1) is 17.9 Å². The Hall–Kier alpha value is -3.06. The van der Waals surface area contributed by atoms with Crippen LogP contribution in [-0.4, -0.2) is 24.5 Å².